The second-order valence-corrected chi connectivity index (χ2v) is 5.90. The molecule has 3 N–H and O–H groups in total. The van der Waals surface area contributed by atoms with Crippen molar-refractivity contribution in [2.75, 3.05) is 59.7 Å². The zero-order valence-electron chi connectivity index (χ0n) is 15.1. The van der Waals surface area contributed by atoms with E-state index in [1.807, 2.05) is 24.3 Å². The van der Waals surface area contributed by atoms with Crippen LogP contribution in [0.1, 0.15) is 12.0 Å². The summed E-state index contributed by atoms with van der Waals surface area (Å²) in [6, 6.07) is 7.85. The SMILES string of the molecule is COc1ccc(COCCNC(N)=NCCCN2CCOCC2)cc1. The van der Waals surface area contributed by atoms with Gasteiger partial charge in [0.15, 0.2) is 5.96 Å². The number of nitrogens with one attached hydrogen (secondary N) is 1. The normalized spacial score (nSPS) is 16.0. The molecule has 1 heterocycles. The van der Waals surface area contributed by atoms with Crippen molar-refractivity contribution in [1.82, 2.24) is 10.2 Å². The van der Waals surface area contributed by atoms with Gasteiger partial charge in [-0.25, -0.2) is 0 Å². The number of aliphatic imine (C=N–C) groups is 1. The van der Waals surface area contributed by atoms with Gasteiger partial charge < -0.3 is 25.3 Å². The van der Waals surface area contributed by atoms with Crippen molar-refractivity contribution in [3.63, 3.8) is 0 Å². The van der Waals surface area contributed by atoms with E-state index in [0.717, 1.165) is 57.1 Å². The number of ether oxygens (including phenoxy) is 3. The second-order valence-electron chi connectivity index (χ2n) is 5.90. The van der Waals surface area contributed by atoms with Crippen LogP contribution in [0.25, 0.3) is 0 Å². The largest absolute Gasteiger partial charge is 0.497 e. The lowest BCUT2D eigenvalue weighted by molar-refractivity contribution is 0.0377. The molecule has 0 spiro atoms. The predicted molar refractivity (Wildman–Crippen MR) is 99.0 cm³/mol. The number of nitrogens with zero attached hydrogens (tertiary/aromatic N) is 2. The topological polar surface area (TPSA) is 81.3 Å². The van der Waals surface area contributed by atoms with Crippen molar-refractivity contribution < 1.29 is 14.2 Å². The second kappa shape index (κ2) is 11.7. The summed E-state index contributed by atoms with van der Waals surface area (Å²) < 4.78 is 16.1. The Balaban J connectivity index is 1.48. The first kappa shape index (κ1) is 19.5. The fourth-order valence-corrected chi connectivity index (χ4v) is 2.54. The van der Waals surface area contributed by atoms with Crippen LogP contribution in [0.4, 0.5) is 0 Å². The highest BCUT2D eigenvalue weighted by atomic mass is 16.5. The number of benzene rings is 1. The third-order valence-corrected chi connectivity index (χ3v) is 4.00. The minimum absolute atomic E-state index is 0.482. The van der Waals surface area contributed by atoms with Crippen molar-refractivity contribution in [3.05, 3.63) is 29.8 Å². The molecule has 1 fully saturated rings. The van der Waals surface area contributed by atoms with Crippen LogP contribution in [0.2, 0.25) is 0 Å². The van der Waals surface area contributed by atoms with E-state index in [4.69, 9.17) is 19.9 Å². The highest BCUT2D eigenvalue weighted by Gasteiger charge is 2.08. The molecule has 0 unspecified atom stereocenters. The van der Waals surface area contributed by atoms with Gasteiger partial charge in [0.25, 0.3) is 0 Å². The number of guanidine groups is 1. The Hall–Kier alpha value is -1.83. The Morgan fingerprint density at radius 1 is 1.28 bits per heavy atom. The molecular formula is C18H30N4O3. The van der Waals surface area contributed by atoms with E-state index in [2.05, 4.69) is 15.2 Å². The van der Waals surface area contributed by atoms with Gasteiger partial charge in [-0.1, -0.05) is 12.1 Å². The van der Waals surface area contributed by atoms with Gasteiger partial charge in [0.05, 0.1) is 33.5 Å². The molecule has 0 atom stereocenters. The highest BCUT2D eigenvalue weighted by Crippen LogP contribution is 2.11. The molecule has 0 bridgehead atoms. The molecule has 0 saturated carbocycles. The van der Waals surface area contributed by atoms with E-state index in [0.29, 0.717) is 25.7 Å². The highest BCUT2D eigenvalue weighted by molar-refractivity contribution is 5.77. The van der Waals surface area contributed by atoms with Crippen LogP contribution in [0.15, 0.2) is 29.3 Å². The van der Waals surface area contributed by atoms with E-state index >= 15 is 0 Å². The monoisotopic (exact) mass is 350 g/mol. The molecule has 1 aliphatic rings. The van der Waals surface area contributed by atoms with Gasteiger partial charge >= 0.3 is 0 Å². The molecular weight excluding hydrogens is 320 g/mol. The lowest BCUT2D eigenvalue weighted by Crippen LogP contribution is -2.37. The first-order valence-electron chi connectivity index (χ1n) is 8.82. The first-order chi connectivity index (χ1) is 12.3. The summed E-state index contributed by atoms with van der Waals surface area (Å²) in [4.78, 5) is 6.74. The summed E-state index contributed by atoms with van der Waals surface area (Å²) in [6.45, 7) is 7.29. The zero-order valence-corrected chi connectivity index (χ0v) is 15.1. The molecule has 0 aromatic heterocycles. The molecule has 7 nitrogen and oxygen atoms in total. The van der Waals surface area contributed by atoms with Crippen LogP contribution in [-0.2, 0) is 16.1 Å². The molecule has 1 saturated heterocycles. The van der Waals surface area contributed by atoms with Gasteiger partial charge in [0.2, 0.25) is 0 Å². The van der Waals surface area contributed by atoms with Gasteiger partial charge in [-0.05, 0) is 24.1 Å². The number of rotatable bonds is 10. The van der Waals surface area contributed by atoms with E-state index in [1.54, 1.807) is 7.11 Å². The minimum atomic E-state index is 0.482. The van der Waals surface area contributed by atoms with Crippen LogP contribution in [0.3, 0.4) is 0 Å². The Labute approximate surface area is 150 Å². The summed E-state index contributed by atoms with van der Waals surface area (Å²) in [7, 11) is 1.66. The van der Waals surface area contributed by atoms with E-state index in [-0.39, 0.29) is 0 Å². The number of hydrogen-bond acceptors (Lipinski definition) is 5. The summed E-state index contributed by atoms with van der Waals surface area (Å²) in [5.41, 5.74) is 6.97. The van der Waals surface area contributed by atoms with Crippen LogP contribution in [0.5, 0.6) is 5.75 Å². The Bertz CT molecular complexity index is 502. The Kier molecular flexibility index (Phi) is 9.11. The van der Waals surface area contributed by atoms with Crippen LogP contribution >= 0.6 is 0 Å². The quantitative estimate of drug-likeness (QED) is 0.370. The standard InChI is InChI=1S/C18H30N4O3/c1-23-17-5-3-16(4-6-17)15-25-12-8-21-18(19)20-7-2-9-22-10-13-24-14-11-22/h3-6H,2,7-15H2,1H3,(H3,19,20,21). The fourth-order valence-electron chi connectivity index (χ4n) is 2.54. The van der Waals surface area contributed by atoms with Crippen LogP contribution < -0.4 is 15.8 Å². The third-order valence-electron chi connectivity index (χ3n) is 4.00. The maximum absolute atomic E-state index is 5.85. The Morgan fingerprint density at radius 3 is 2.76 bits per heavy atom. The zero-order chi connectivity index (χ0) is 17.7. The number of methoxy groups -OCH3 is 1. The van der Waals surface area contributed by atoms with E-state index in [9.17, 15) is 0 Å². The van der Waals surface area contributed by atoms with Crippen LogP contribution in [0, 0.1) is 0 Å². The van der Waals surface area contributed by atoms with E-state index < -0.39 is 0 Å². The lowest BCUT2D eigenvalue weighted by Gasteiger charge is -2.26. The molecule has 2 rings (SSSR count). The Morgan fingerprint density at radius 2 is 2.04 bits per heavy atom. The van der Waals surface area contributed by atoms with Gasteiger partial charge in [-0.3, -0.25) is 9.89 Å². The predicted octanol–water partition coefficient (Wildman–Crippen LogP) is 0.838. The van der Waals surface area contributed by atoms with Crippen molar-refractivity contribution in [1.29, 1.82) is 0 Å². The molecule has 1 aliphatic heterocycles. The minimum Gasteiger partial charge on any atom is -0.497 e. The average molecular weight is 350 g/mol. The molecule has 0 aliphatic carbocycles. The number of morpholine rings is 1. The molecule has 0 amide bonds. The molecule has 140 valence electrons. The average Bonchev–Trinajstić information content (AvgIpc) is 2.66. The summed E-state index contributed by atoms with van der Waals surface area (Å²) in [6.07, 6.45) is 1.01. The van der Waals surface area contributed by atoms with Gasteiger partial charge in [0.1, 0.15) is 5.75 Å². The van der Waals surface area contributed by atoms with Gasteiger partial charge in [-0.2, -0.15) is 0 Å². The van der Waals surface area contributed by atoms with Crippen molar-refractivity contribution in [3.8, 4) is 5.75 Å². The van der Waals surface area contributed by atoms with E-state index in [1.165, 1.54) is 0 Å². The molecule has 7 heteroatoms. The van der Waals surface area contributed by atoms with Gasteiger partial charge in [0, 0.05) is 32.7 Å². The molecule has 1 aromatic rings. The maximum Gasteiger partial charge on any atom is 0.188 e. The molecule has 0 radical (unpaired) electrons. The summed E-state index contributed by atoms with van der Waals surface area (Å²) in [5.74, 6) is 1.33. The van der Waals surface area contributed by atoms with Crippen LogP contribution in [-0.4, -0.2) is 70.5 Å². The van der Waals surface area contributed by atoms with Crippen molar-refractivity contribution >= 4 is 5.96 Å². The van der Waals surface area contributed by atoms with Crippen molar-refractivity contribution in [2.45, 2.75) is 13.0 Å². The summed E-state index contributed by atoms with van der Waals surface area (Å²) >= 11 is 0. The first-order valence-corrected chi connectivity index (χ1v) is 8.82. The van der Waals surface area contributed by atoms with Crippen molar-refractivity contribution in [2.24, 2.45) is 10.7 Å². The fraction of sp³-hybridized carbons (Fsp3) is 0.611. The summed E-state index contributed by atoms with van der Waals surface area (Å²) in [5, 5.41) is 3.07. The number of hydrogen-bond donors (Lipinski definition) is 2. The lowest BCUT2D eigenvalue weighted by atomic mass is 10.2. The third kappa shape index (κ3) is 8.20. The smallest absolute Gasteiger partial charge is 0.188 e. The molecule has 1 aromatic carbocycles. The number of nitrogens with two attached hydrogens (primary N) is 1. The molecule has 25 heavy (non-hydrogen) atoms. The van der Waals surface area contributed by atoms with Gasteiger partial charge in [-0.15, -0.1) is 0 Å². The maximum atomic E-state index is 5.85.